The number of aliphatic imine (C=N–C) groups is 2. The number of nitrogens with one attached hydrogen (secondary N) is 1. The highest BCUT2D eigenvalue weighted by molar-refractivity contribution is 6.09. The van der Waals surface area contributed by atoms with Crippen molar-refractivity contribution in [2.24, 2.45) is 21.3 Å². The summed E-state index contributed by atoms with van der Waals surface area (Å²) in [6.07, 6.45) is 29.3. The molecule has 284 valence electrons. The number of nitrogens with zero attached hydrogens (tertiary/aromatic N) is 2. The molecule has 58 heavy (non-hydrogen) atoms. The Kier molecular flexibility index (Phi) is 11.8. The number of hydrogen-bond donors (Lipinski definition) is 1. The number of benzene rings is 5. The van der Waals surface area contributed by atoms with Crippen LogP contribution in [0.4, 0.5) is 5.69 Å². The molecule has 5 aromatic carbocycles. The van der Waals surface area contributed by atoms with E-state index in [9.17, 15) is 0 Å². The molecule has 0 amide bonds. The minimum atomic E-state index is -0.223. The summed E-state index contributed by atoms with van der Waals surface area (Å²) in [5.74, 6) is 0.314. The van der Waals surface area contributed by atoms with E-state index >= 15 is 0 Å². The van der Waals surface area contributed by atoms with Gasteiger partial charge < -0.3 is 5.32 Å². The molecule has 0 aliphatic heterocycles. The van der Waals surface area contributed by atoms with Crippen molar-refractivity contribution in [2.45, 2.75) is 32.7 Å². The van der Waals surface area contributed by atoms with Gasteiger partial charge in [-0.25, -0.2) is 0 Å². The van der Waals surface area contributed by atoms with Crippen molar-refractivity contribution in [3.05, 3.63) is 246 Å². The summed E-state index contributed by atoms with van der Waals surface area (Å²) in [5.41, 5.74) is 15.4. The summed E-state index contributed by atoms with van der Waals surface area (Å²) in [7, 11) is 0. The van der Waals surface area contributed by atoms with Crippen molar-refractivity contribution >= 4 is 29.3 Å². The predicted molar refractivity (Wildman–Crippen MR) is 248 cm³/mol. The van der Waals surface area contributed by atoms with Crippen LogP contribution in [0.3, 0.4) is 0 Å². The molecule has 3 aliphatic rings. The Labute approximate surface area is 344 Å². The summed E-state index contributed by atoms with van der Waals surface area (Å²) in [6, 6.07) is 46.8. The van der Waals surface area contributed by atoms with E-state index in [1.807, 2.05) is 18.3 Å². The van der Waals surface area contributed by atoms with Gasteiger partial charge in [0.25, 0.3) is 0 Å². The van der Waals surface area contributed by atoms with Crippen LogP contribution in [0.5, 0.6) is 0 Å². The lowest BCUT2D eigenvalue weighted by Gasteiger charge is -2.27. The monoisotopic (exact) mass is 751 g/mol. The molecule has 2 unspecified atom stereocenters. The second-order valence-corrected chi connectivity index (χ2v) is 15.3. The topological polar surface area (TPSA) is 36.8 Å². The Morgan fingerprint density at radius 2 is 1.57 bits per heavy atom. The second kappa shape index (κ2) is 18.0. The van der Waals surface area contributed by atoms with Crippen molar-refractivity contribution in [3.63, 3.8) is 0 Å². The van der Waals surface area contributed by atoms with E-state index in [2.05, 4.69) is 212 Å². The fourth-order valence-corrected chi connectivity index (χ4v) is 8.13. The summed E-state index contributed by atoms with van der Waals surface area (Å²) in [4.78, 5) is 9.81. The van der Waals surface area contributed by atoms with E-state index in [4.69, 9.17) is 4.99 Å². The van der Waals surface area contributed by atoms with E-state index in [1.165, 1.54) is 50.1 Å². The third kappa shape index (κ3) is 8.90. The maximum atomic E-state index is 5.29. The molecule has 0 aromatic heterocycles. The molecular weight excluding hydrogens is 703 g/mol. The van der Waals surface area contributed by atoms with Crippen molar-refractivity contribution in [2.75, 3.05) is 5.32 Å². The number of fused-ring (bicyclic) bond motifs is 2. The molecule has 1 N–H and O–H groups in total. The highest BCUT2D eigenvalue weighted by Gasteiger charge is 2.28. The largest absolute Gasteiger partial charge is 0.362 e. The van der Waals surface area contributed by atoms with Crippen LogP contribution in [-0.2, 0) is 13.0 Å². The molecule has 0 spiro atoms. The number of rotatable bonds is 13. The van der Waals surface area contributed by atoms with Crippen LogP contribution < -0.4 is 5.32 Å². The zero-order chi connectivity index (χ0) is 39.6. The lowest BCUT2D eigenvalue weighted by atomic mass is 9.80. The first kappa shape index (κ1) is 38.1. The Hall–Kier alpha value is -6.84. The average molecular weight is 752 g/mol. The standard InChI is InChI=1S/C55H49N3/c1-55(33-13-6-14-34-55)53(56-2)39-52(45-22-11-5-12-23-45)58-40-48-26-15-25-47-37-49-36-41(30-32-51(49)54(47)48)29-31-44(42-18-7-3-8-19-42)27-17-35-57-50-28-16-24-46(38-50)43-20-9-4-10-21-43/h3-33,35,38-39,41,57H,2,34,36-37,40H2,1H3/b31-29-,35-17+,44-27+,53-39-,58-52+. The van der Waals surface area contributed by atoms with Crippen LogP contribution in [0, 0.1) is 11.3 Å². The molecule has 2 atom stereocenters. The Balaban J connectivity index is 0.995. The van der Waals surface area contributed by atoms with Gasteiger partial charge in [0.1, 0.15) is 0 Å². The van der Waals surface area contributed by atoms with Crippen molar-refractivity contribution in [1.29, 1.82) is 0 Å². The van der Waals surface area contributed by atoms with Gasteiger partial charge in [0.15, 0.2) is 0 Å². The van der Waals surface area contributed by atoms with Gasteiger partial charge in [-0.3, -0.25) is 9.98 Å². The van der Waals surface area contributed by atoms with E-state index in [1.54, 1.807) is 0 Å². The fraction of sp³-hybridized carbons (Fsp3) is 0.127. The van der Waals surface area contributed by atoms with Crippen LogP contribution >= 0.6 is 0 Å². The lowest BCUT2D eigenvalue weighted by Crippen LogP contribution is -2.17. The quantitative estimate of drug-likeness (QED) is 0.0944. The summed E-state index contributed by atoms with van der Waals surface area (Å²) in [6.45, 7) is 6.76. The van der Waals surface area contributed by atoms with Gasteiger partial charge in [0.05, 0.1) is 18.0 Å². The molecule has 3 heteroatoms. The summed E-state index contributed by atoms with van der Waals surface area (Å²) in [5, 5.41) is 3.47. The van der Waals surface area contributed by atoms with E-state index in [-0.39, 0.29) is 5.41 Å². The Morgan fingerprint density at radius 3 is 2.33 bits per heavy atom. The molecule has 0 saturated carbocycles. The Bertz CT molecular complexity index is 2540. The van der Waals surface area contributed by atoms with Gasteiger partial charge in [-0.2, -0.15) is 0 Å². The maximum Gasteiger partial charge on any atom is 0.0669 e. The molecule has 0 bridgehead atoms. The second-order valence-electron chi connectivity index (χ2n) is 15.3. The normalized spacial score (nSPS) is 19.2. The van der Waals surface area contributed by atoms with Crippen LogP contribution in [-0.4, -0.2) is 12.4 Å². The van der Waals surface area contributed by atoms with Gasteiger partial charge in [0, 0.05) is 17.3 Å². The van der Waals surface area contributed by atoms with Gasteiger partial charge in [0.2, 0.25) is 0 Å². The van der Waals surface area contributed by atoms with Crippen LogP contribution in [0.2, 0.25) is 0 Å². The first-order chi connectivity index (χ1) is 28.6. The molecule has 5 aromatic rings. The lowest BCUT2D eigenvalue weighted by molar-refractivity contribution is 0.513. The van der Waals surface area contributed by atoms with Gasteiger partial charge >= 0.3 is 0 Å². The Morgan fingerprint density at radius 1 is 0.828 bits per heavy atom. The third-order valence-corrected chi connectivity index (χ3v) is 11.3. The smallest absolute Gasteiger partial charge is 0.0669 e. The molecule has 0 saturated heterocycles. The van der Waals surface area contributed by atoms with Crippen molar-refractivity contribution < 1.29 is 0 Å². The fourth-order valence-electron chi connectivity index (χ4n) is 8.13. The van der Waals surface area contributed by atoms with E-state index in [0.29, 0.717) is 12.5 Å². The van der Waals surface area contributed by atoms with E-state index in [0.717, 1.165) is 41.9 Å². The molecular formula is C55H49N3. The first-order valence-corrected chi connectivity index (χ1v) is 20.2. The minimum Gasteiger partial charge on any atom is -0.362 e. The highest BCUT2D eigenvalue weighted by Crippen LogP contribution is 2.42. The number of anilines is 1. The van der Waals surface area contributed by atoms with Crippen molar-refractivity contribution in [3.8, 4) is 11.1 Å². The van der Waals surface area contributed by atoms with Crippen LogP contribution in [0.1, 0.15) is 47.6 Å². The SMILES string of the molecule is C=N/C(=C\C(=N/Cc1cccc2c1C1=C(C2)CC(\C=C/C(=C\C=C\Nc2cccc(-c3ccccc3)c2)c2ccccc2)C=C1)c1ccccc1)C1(C)C=CC=CC1. The average Bonchev–Trinajstić information content (AvgIpc) is 3.66. The zero-order valence-corrected chi connectivity index (χ0v) is 33.1. The van der Waals surface area contributed by atoms with Crippen molar-refractivity contribution in [1.82, 2.24) is 0 Å². The number of hydrogen-bond acceptors (Lipinski definition) is 3. The molecule has 8 rings (SSSR count). The molecule has 3 aliphatic carbocycles. The first-order valence-electron chi connectivity index (χ1n) is 20.2. The molecule has 3 nitrogen and oxygen atoms in total. The third-order valence-electron chi connectivity index (χ3n) is 11.3. The van der Waals surface area contributed by atoms with Gasteiger partial charge in [-0.15, -0.1) is 0 Å². The van der Waals surface area contributed by atoms with Gasteiger partial charge in [-0.05, 0) is 106 Å². The van der Waals surface area contributed by atoms with Crippen LogP contribution in [0.25, 0.3) is 22.3 Å². The minimum absolute atomic E-state index is 0.223. The highest BCUT2D eigenvalue weighted by atomic mass is 14.8. The maximum absolute atomic E-state index is 5.29. The zero-order valence-electron chi connectivity index (χ0n) is 33.1. The summed E-state index contributed by atoms with van der Waals surface area (Å²) < 4.78 is 0. The molecule has 0 fully saturated rings. The predicted octanol–water partition coefficient (Wildman–Crippen LogP) is 13.6. The molecule has 0 radical (unpaired) electrons. The van der Waals surface area contributed by atoms with E-state index < -0.39 is 0 Å². The number of allylic oxidation sites excluding steroid dienone is 14. The van der Waals surface area contributed by atoms with Crippen LogP contribution in [0.15, 0.2) is 228 Å². The summed E-state index contributed by atoms with van der Waals surface area (Å²) >= 11 is 0. The van der Waals surface area contributed by atoms with Gasteiger partial charge in [-0.1, -0.05) is 189 Å². The molecule has 0 heterocycles.